The molecule has 2 heterocycles. The van der Waals surface area contributed by atoms with Gasteiger partial charge in [-0.1, -0.05) is 11.6 Å². The number of nitrogens with one attached hydrogen (secondary N) is 1. The van der Waals surface area contributed by atoms with Crippen molar-refractivity contribution >= 4 is 34.8 Å². The molecule has 0 bridgehead atoms. The molecule has 2 N–H and O–H groups in total. The fourth-order valence-electron chi connectivity index (χ4n) is 2.72. The summed E-state index contributed by atoms with van der Waals surface area (Å²) in [5, 5.41) is 10.8. The number of ether oxygens (including phenoxy) is 1. The van der Waals surface area contributed by atoms with Gasteiger partial charge in [0.1, 0.15) is 11.2 Å². The predicted molar refractivity (Wildman–Crippen MR) is 106 cm³/mol. The van der Waals surface area contributed by atoms with Gasteiger partial charge in [-0.25, -0.2) is 14.6 Å². The highest BCUT2D eigenvalue weighted by Crippen LogP contribution is 2.31. The van der Waals surface area contributed by atoms with Crippen LogP contribution in [0.15, 0.2) is 39.5 Å². The molecule has 32 heavy (non-hydrogen) atoms. The molecule has 170 valence electrons. The molecule has 2 aliphatic heterocycles. The van der Waals surface area contributed by atoms with Gasteiger partial charge in [-0.3, -0.25) is 4.79 Å². The Morgan fingerprint density at radius 1 is 1.19 bits per heavy atom. The summed E-state index contributed by atoms with van der Waals surface area (Å²) in [5.74, 6) is -2.76. The fraction of sp³-hybridized carbons (Fsp3) is 0.263. The maximum atomic E-state index is 12.3. The minimum atomic E-state index is -5.08. The van der Waals surface area contributed by atoms with Gasteiger partial charge < -0.3 is 24.5 Å². The largest absolute Gasteiger partial charge is 0.490 e. The first kappa shape index (κ1) is 23.3. The van der Waals surface area contributed by atoms with E-state index < -0.39 is 23.7 Å². The first-order chi connectivity index (χ1) is 15.1. The van der Waals surface area contributed by atoms with Crippen LogP contribution in [-0.4, -0.2) is 59.4 Å². The minimum absolute atomic E-state index is 0.144. The first-order valence-corrected chi connectivity index (χ1v) is 9.45. The Bertz CT molecular complexity index is 1180. The van der Waals surface area contributed by atoms with Gasteiger partial charge in [-0.2, -0.15) is 13.2 Å². The number of hydrogen-bond donors (Lipinski definition) is 2. The quantitative estimate of drug-likeness (QED) is 0.517. The molecular weight excluding hydrogens is 459 g/mol. The van der Waals surface area contributed by atoms with Crippen molar-refractivity contribution in [1.82, 2.24) is 15.2 Å². The van der Waals surface area contributed by atoms with Gasteiger partial charge >= 0.3 is 18.2 Å². The molecule has 13 heteroatoms. The Kier molecular flexibility index (Phi) is 6.84. The van der Waals surface area contributed by atoms with Gasteiger partial charge in [-0.15, -0.1) is 0 Å². The molecule has 0 radical (unpaired) electrons. The second-order valence-corrected chi connectivity index (χ2v) is 6.91. The summed E-state index contributed by atoms with van der Waals surface area (Å²) in [6.45, 7) is 2.42. The van der Waals surface area contributed by atoms with Crippen molar-refractivity contribution in [2.75, 3.05) is 26.2 Å². The van der Waals surface area contributed by atoms with Gasteiger partial charge in [0, 0.05) is 31.2 Å². The molecule has 0 unspecified atom stereocenters. The molecule has 1 aromatic carbocycles. The highest BCUT2D eigenvalue weighted by molar-refractivity contribution is 6.31. The number of alkyl halides is 3. The van der Waals surface area contributed by atoms with Crippen molar-refractivity contribution in [3.05, 3.63) is 45.6 Å². The third-order valence-electron chi connectivity index (χ3n) is 4.24. The molecule has 1 saturated heterocycles. The summed E-state index contributed by atoms with van der Waals surface area (Å²) >= 11 is 5.97. The SMILES string of the molecule is O=C(O)C(F)(F)F.O=C(Oc1c2oc3ccc(Cl)cc3nc-2ccc1=O)N1CCNCC1. The number of carbonyl (C=O) groups is 2. The molecule has 1 amide bonds. The molecule has 0 aromatic heterocycles. The molecule has 0 spiro atoms. The maximum absolute atomic E-state index is 12.3. The van der Waals surface area contributed by atoms with Crippen molar-refractivity contribution in [1.29, 1.82) is 0 Å². The van der Waals surface area contributed by atoms with E-state index in [1.54, 1.807) is 23.1 Å². The molecule has 1 aliphatic carbocycles. The van der Waals surface area contributed by atoms with Crippen molar-refractivity contribution in [2.24, 2.45) is 0 Å². The highest BCUT2D eigenvalue weighted by Gasteiger charge is 2.38. The molecule has 4 rings (SSSR count). The summed E-state index contributed by atoms with van der Waals surface area (Å²) < 4.78 is 42.9. The number of benzene rings is 2. The van der Waals surface area contributed by atoms with Crippen LogP contribution in [0.3, 0.4) is 0 Å². The summed E-state index contributed by atoms with van der Waals surface area (Å²) in [5.41, 5.74) is 0.979. The lowest BCUT2D eigenvalue weighted by atomic mass is 10.2. The number of fused-ring (bicyclic) bond motifs is 2. The van der Waals surface area contributed by atoms with Crippen LogP contribution in [0.1, 0.15) is 0 Å². The Labute approximate surface area is 182 Å². The van der Waals surface area contributed by atoms with E-state index in [2.05, 4.69) is 10.3 Å². The standard InChI is InChI=1S/C17H14ClN3O4.C2HF3O2/c18-10-1-4-14-12(9-10)20-11-2-3-13(22)16(15(11)24-14)25-17(23)21-7-5-19-6-8-21;3-2(4,5)1(6)7/h1-4,9,19H,5-8H2;(H,6,7). The number of hydrogen-bond acceptors (Lipinski definition) is 7. The van der Waals surface area contributed by atoms with E-state index >= 15 is 0 Å². The molecule has 0 atom stereocenters. The van der Waals surface area contributed by atoms with Gasteiger partial charge in [0.05, 0.1) is 0 Å². The van der Waals surface area contributed by atoms with E-state index in [1.807, 2.05) is 0 Å². The van der Waals surface area contributed by atoms with Crippen LogP contribution in [0.2, 0.25) is 5.02 Å². The van der Waals surface area contributed by atoms with Gasteiger partial charge in [-0.05, 0) is 30.3 Å². The topological polar surface area (TPSA) is 122 Å². The second-order valence-electron chi connectivity index (χ2n) is 6.47. The predicted octanol–water partition coefficient (Wildman–Crippen LogP) is 2.98. The smallest absolute Gasteiger partial charge is 0.475 e. The second kappa shape index (κ2) is 9.40. The van der Waals surface area contributed by atoms with E-state index in [0.717, 1.165) is 0 Å². The van der Waals surface area contributed by atoms with Gasteiger partial charge in [0.2, 0.25) is 11.2 Å². The van der Waals surface area contributed by atoms with E-state index in [9.17, 15) is 22.8 Å². The lowest BCUT2D eigenvalue weighted by Gasteiger charge is -2.26. The van der Waals surface area contributed by atoms with Crippen LogP contribution in [0.25, 0.3) is 22.6 Å². The number of carboxylic acid groups (broad SMARTS) is 1. The maximum Gasteiger partial charge on any atom is 0.490 e. The van der Waals surface area contributed by atoms with Crippen LogP contribution in [-0.2, 0) is 4.79 Å². The molecular formula is C19H15ClF3N3O6. The van der Waals surface area contributed by atoms with Crippen LogP contribution < -0.4 is 15.5 Å². The average Bonchev–Trinajstić information content (AvgIpc) is 2.75. The van der Waals surface area contributed by atoms with E-state index in [1.165, 1.54) is 12.1 Å². The van der Waals surface area contributed by atoms with Crippen molar-refractivity contribution in [2.45, 2.75) is 6.18 Å². The van der Waals surface area contributed by atoms with Crippen molar-refractivity contribution in [3.8, 4) is 17.2 Å². The monoisotopic (exact) mass is 473 g/mol. The highest BCUT2D eigenvalue weighted by atomic mass is 35.5. The van der Waals surface area contributed by atoms with Gasteiger partial charge in [0.15, 0.2) is 11.3 Å². The minimum Gasteiger partial charge on any atom is -0.475 e. The Hall–Kier alpha value is -3.38. The number of piperazine rings is 1. The Morgan fingerprint density at radius 2 is 1.84 bits per heavy atom. The third-order valence-corrected chi connectivity index (χ3v) is 4.47. The van der Waals surface area contributed by atoms with Gasteiger partial charge in [0.25, 0.3) is 0 Å². The zero-order chi connectivity index (χ0) is 23.5. The van der Waals surface area contributed by atoms with Crippen LogP contribution in [0.5, 0.6) is 5.75 Å². The lowest BCUT2D eigenvalue weighted by molar-refractivity contribution is -0.192. The molecule has 1 fully saturated rings. The summed E-state index contributed by atoms with van der Waals surface area (Å²) in [6, 6.07) is 7.82. The number of carbonyl (C=O) groups excluding carboxylic acids is 1. The van der Waals surface area contributed by atoms with Crippen LogP contribution in [0.4, 0.5) is 18.0 Å². The number of aliphatic carboxylic acids is 1. The van der Waals surface area contributed by atoms with Crippen molar-refractivity contribution in [3.63, 3.8) is 0 Å². The van der Waals surface area contributed by atoms with Crippen LogP contribution in [0, 0.1) is 0 Å². The molecule has 9 nitrogen and oxygen atoms in total. The number of rotatable bonds is 1. The molecule has 1 aromatic rings. The zero-order valence-electron chi connectivity index (χ0n) is 16.1. The molecule has 3 aliphatic rings. The first-order valence-electron chi connectivity index (χ1n) is 9.07. The zero-order valence-corrected chi connectivity index (χ0v) is 16.9. The number of nitrogens with zero attached hydrogens (tertiary/aromatic N) is 2. The van der Waals surface area contributed by atoms with Crippen LogP contribution >= 0.6 is 11.6 Å². The van der Waals surface area contributed by atoms with E-state index in [4.69, 9.17) is 30.7 Å². The normalized spacial score (nSPS) is 14.1. The lowest BCUT2D eigenvalue weighted by Crippen LogP contribution is -2.47. The summed E-state index contributed by atoms with van der Waals surface area (Å²) in [4.78, 5) is 39.4. The molecule has 0 saturated carbocycles. The summed E-state index contributed by atoms with van der Waals surface area (Å²) in [6.07, 6.45) is -5.66. The van der Waals surface area contributed by atoms with E-state index in [-0.39, 0.29) is 11.5 Å². The van der Waals surface area contributed by atoms with E-state index in [0.29, 0.717) is 48.0 Å². The Morgan fingerprint density at radius 3 is 2.47 bits per heavy atom. The fourth-order valence-corrected chi connectivity index (χ4v) is 2.89. The van der Waals surface area contributed by atoms with Crippen molar-refractivity contribution < 1.29 is 37.0 Å². The number of halogens is 4. The summed E-state index contributed by atoms with van der Waals surface area (Å²) in [7, 11) is 0. The Balaban J connectivity index is 0.000000360. The average molecular weight is 474 g/mol. The number of carboxylic acids is 1. The number of aromatic nitrogens is 1. The number of amides is 1. The third kappa shape index (κ3) is 5.45.